The summed E-state index contributed by atoms with van der Waals surface area (Å²) in [6.07, 6.45) is 8.96. The van der Waals surface area contributed by atoms with Crippen LogP contribution in [0.4, 0.5) is 5.69 Å². The highest BCUT2D eigenvalue weighted by Crippen LogP contribution is 2.26. The fourth-order valence-electron chi connectivity index (χ4n) is 3.53. The van der Waals surface area contributed by atoms with Crippen LogP contribution in [0.15, 0.2) is 83.5 Å². The second kappa shape index (κ2) is 9.12. The molecule has 3 aromatic rings. The Morgan fingerprint density at radius 1 is 0.818 bits per heavy atom. The Kier molecular flexibility index (Phi) is 6.09. The Hall–Kier alpha value is -4.19. The van der Waals surface area contributed by atoms with Crippen LogP contribution < -0.4 is 5.01 Å². The predicted molar refractivity (Wildman–Crippen MR) is 133 cm³/mol. The maximum atomic E-state index is 12.8. The van der Waals surface area contributed by atoms with Crippen LogP contribution in [0, 0.1) is 20.8 Å². The lowest BCUT2D eigenvalue weighted by Gasteiger charge is -2.11. The second-order valence-electron chi connectivity index (χ2n) is 8.03. The van der Waals surface area contributed by atoms with Crippen molar-refractivity contribution in [2.75, 3.05) is 5.01 Å². The van der Waals surface area contributed by atoms with Gasteiger partial charge in [-0.05, 0) is 64.1 Å². The maximum Gasteiger partial charge on any atom is 0.280 e. The predicted octanol–water partition coefficient (Wildman–Crippen LogP) is 5.42. The summed E-state index contributed by atoms with van der Waals surface area (Å²) in [5.74, 6) is -0.0695. The molecule has 33 heavy (non-hydrogen) atoms. The number of aromatic nitrogens is 2. The number of carbonyl (C=O) groups excluding carboxylic acids is 1. The average molecular weight is 439 g/mol. The minimum Gasteiger partial charge on any atom is -0.493 e. The minimum absolute atomic E-state index is 0.0852. The van der Waals surface area contributed by atoms with Gasteiger partial charge in [-0.3, -0.25) is 4.79 Å². The first-order valence-electron chi connectivity index (χ1n) is 10.7. The topological polar surface area (TPSA) is 70.7 Å². The van der Waals surface area contributed by atoms with E-state index < -0.39 is 0 Å². The first-order chi connectivity index (χ1) is 15.8. The average Bonchev–Trinajstić information content (AvgIpc) is 3.24. The van der Waals surface area contributed by atoms with E-state index in [2.05, 4.69) is 10.2 Å². The van der Waals surface area contributed by atoms with Crippen molar-refractivity contribution in [1.29, 1.82) is 0 Å². The third kappa shape index (κ3) is 4.55. The van der Waals surface area contributed by atoms with Gasteiger partial charge in [-0.25, -0.2) is 4.68 Å². The van der Waals surface area contributed by atoms with E-state index in [1.807, 2.05) is 88.4 Å². The zero-order chi connectivity index (χ0) is 23.5. The lowest BCUT2D eigenvalue weighted by Crippen LogP contribution is -2.21. The van der Waals surface area contributed by atoms with Gasteiger partial charge in [0.1, 0.15) is 0 Å². The first-order valence-corrected chi connectivity index (χ1v) is 10.7. The van der Waals surface area contributed by atoms with Crippen LogP contribution in [-0.4, -0.2) is 26.5 Å². The van der Waals surface area contributed by atoms with Crippen molar-refractivity contribution in [1.82, 2.24) is 9.78 Å². The number of benzene rings is 2. The van der Waals surface area contributed by atoms with E-state index in [0.717, 1.165) is 28.2 Å². The normalized spacial score (nSPS) is 15.4. The smallest absolute Gasteiger partial charge is 0.280 e. The Balaban J connectivity index is 1.48. The van der Waals surface area contributed by atoms with Crippen molar-refractivity contribution in [2.45, 2.75) is 27.7 Å². The molecule has 0 saturated carbocycles. The number of hydrazone groups is 1. The van der Waals surface area contributed by atoms with Crippen molar-refractivity contribution in [3.05, 3.63) is 101 Å². The molecule has 1 N–H and O–H groups in total. The summed E-state index contributed by atoms with van der Waals surface area (Å²) in [7, 11) is 0. The third-order valence-corrected chi connectivity index (χ3v) is 5.45. The molecule has 6 heteroatoms. The highest BCUT2D eigenvalue weighted by atomic mass is 16.3. The second-order valence-corrected chi connectivity index (χ2v) is 8.03. The summed E-state index contributed by atoms with van der Waals surface area (Å²) in [4.78, 5) is 12.8. The molecular formula is C27H26N4O2. The zero-order valence-electron chi connectivity index (χ0n) is 19.1. The highest BCUT2D eigenvalue weighted by molar-refractivity contribution is 6.29. The molecule has 1 aromatic heterocycles. The molecule has 2 heterocycles. The molecular weight excluding hydrogens is 412 g/mol. The maximum absolute atomic E-state index is 12.8. The van der Waals surface area contributed by atoms with Crippen molar-refractivity contribution < 1.29 is 9.90 Å². The van der Waals surface area contributed by atoms with Gasteiger partial charge in [0, 0.05) is 0 Å². The quantitative estimate of drug-likeness (QED) is 0.427. The van der Waals surface area contributed by atoms with Crippen LogP contribution in [0.1, 0.15) is 29.3 Å². The van der Waals surface area contributed by atoms with Crippen LogP contribution in [-0.2, 0) is 4.79 Å². The molecule has 1 aliphatic rings. The van der Waals surface area contributed by atoms with E-state index in [-0.39, 0.29) is 11.8 Å². The van der Waals surface area contributed by atoms with Crippen molar-refractivity contribution >= 4 is 23.4 Å². The number of nitrogens with zero attached hydrogens (tertiary/aromatic N) is 4. The number of hydrogen-bond donors (Lipinski definition) is 1. The largest absolute Gasteiger partial charge is 0.493 e. The number of carbonyl (C=O) groups is 1. The van der Waals surface area contributed by atoms with E-state index in [1.165, 1.54) is 9.69 Å². The van der Waals surface area contributed by atoms with Gasteiger partial charge in [0.15, 0.2) is 0 Å². The summed E-state index contributed by atoms with van der Waals surface area (Å²) in [6.45, 7) is 7.69. The van der Waals surface area contributed by atoms with Gasteiger partial charge < -0.3 is 5.11 Å². The third-order valence-electron chi connectivity index (χ3n) is 5.45. The summed E-state index contributed by atoms with van der Waals surface area (Å²) < 4.78 is 1.52. The Bertz CT molecular complexity index is 1310. The number of anilines is 1. The molecule has 0 atom stereocenters. The lowest BCUT2D eigenvalue weighted by molar-refractivity contribution is -0.114. The summed E-state index contributed by atoms with van der Waals surface area (Å²) in [5, 5.41) is 20.9. The van der Waals surface area contributed by atoms with Gasteiger partial charge in [-0.1, -0.05) is 53.6 Å². The van der Waals surface area contributed by atoms with Crippen molar-refractivity contribution in [2.24, 2.45) is 5.10 Å². The van der Waals surface area contributed by atoms with E-state index in [1.54, 1.807) is 18.2 Å². The monoisotopic (exact) mass is 438 g/mol. The van der Waals surface area contributed by atoms with Crippen molar-refractivity contribution in [3.63, 3.8) is 0 Å². The minimum atomic E-state index is -0.155. The van der Waals surface area contributed by atoms with E-state index in [4.69, 9.17) is 0 Å². The van der Waals surface area contributed by atoms with E-state index in [0.29, 0.717) is 16.8 Å². The molecule has 0 aliphatic carbocycles. The number of hydrogen-bond acceptors (Lipinski definition) is 4. The van der Waals surface area contributed by atoms with Crippen LogP contribution >= 0.6 is 0 Å². The molecule has 166 valence electrons. The van der Waals surface area contributed by atoms with Crippen molar-refractivity contribution in [3.8, 4) is 11.6 Å². The van der Waals surface area contributed by atoms with Gasteiger partial charge in [0.2, 0.25) is 5.88 Å². The molecule has 1 aliphatic heterocycles. The van der Waals surface area contributed by atoms with Crippen LogP contribution in [0.25, 0.3) is 11.8 Å². The fraction of sp³-hybridized carbons (Fsp3) is 0.148. The highest BCUT2D eigenvalue weighted by Gasteiger charge is 2.27. The molecule has 4 rings (SSSR count). The van der Waals surface area contributed by atoms with E-state index >= 15 is 0 Å². The molecule has 0 unspecified atom stereocenters. The van der Waals surface area contributed by atoms with E-state index in [9.17, 15) is 9.90 Å². The number of rotatable bonds is 5. The summed E-state index contributed by atoms with van der Waals surface area (Å²) in [5.41, 5.74) is 6.40. The van der Waals surface area contributed by atoms with Crippen LogP contribution in [0.2, 0.25) is 0 Å². The number of allylic oxidation sites excluding steroid dienone is 4. The Morgan fingerprint density at radius 3 is 2.06 bits per heavy atom. The standard InChI is InChI=1S/C27H26N4O2/c1-18-10-14-22(15-11-18)30-26(32)24(20(3)28-30)8-6-5-7-9-25-21(4)29-31(27(25)33)23-16-12-19(2)13-17-23/h5-17,32H,1-4H3/b7-5+,8-6+,25-9-. The fourth-order valence-corrected chi connectivity index (χ4v) is 3.53. The molecule has 1 amide bonds. The first kappa shape index (κ1) is 22.0. The number of aromatic hydroxyl groups is 1. The van der Waals surface area contributed by atoms with Gasteiger partial charge in [-0.2, -0.15) is 15.2 Å². The molecule has 6 nitrogen and oxygen atoms in total. The lowest BCUT2D eigenvalue weighted by atomic mass is 10.1. The molecule has 0 radical (unpaired) electrons. The molecule has 0 spiro atoms. The Labute approximate surface area is 193 Å². The van der Waals surface area contributed by atoms with Gasteiger partial charge >= 0.3 is 0 Å². The summed E-state index contributed by atoms with van der Waals surface area (Å²) in [6, 6.07) is 15.5. The van der Waals surface area contributed by atoms with Crippen LogP contribution in [0.5, 0.6) is 5.88 Å². The molecule has 0 saturated heterocycles. The SMILES string of the molecule is CC1=NN(c2ccc(C)cc2)C(=O)\C1=C/C=C/C=C/c1c(C)nn(-c2ccc(C)cc2)c1O. The number of aryl methyl sites for hydroxylation is 3. The number of amides is 1. The molecule has 2 aromatic carbocycles. The zero-order valence-corrected chi connectivity index (χ0v) is 19.1. The molecule has 0 bridgehead atoms. The van der Waals surface area contributed by atoms with Gasteiger partial charge in [0.05, 0.1) is 33.9 Å². The summed E-state index contributed by atoms with van der Waals surface area (Å²) >= 11 is 0. The van der Waals surface area contributed by atoms with Gasteiger partial charge in [-0.15, -0.1) is 0 Å². The molecule has 0 fully saturated rings. The Morgan fingerprint density at radius 2 is 1.42 bits per heavy atom. The van der Waals surface area contributed by atoms with Crippen LogP contribution in [0.3, 0.4) is 0 Å². The van der Waals surface area contributed by atoms with Gasteiger partial charge in [0.25, 0.3) is 5.91 Å².